The predicted octanol–water partition coefficient (Wildman–Crippen LogP) is 3.49. The highest BCUT2D eigenvalue weighted by Crippen LogP contribution is 2.18. The maximum absolute atomic E-state index is 4.70. The van der Waals surface area contributed by atoms with E-state index in [9.17, 15) is 0 Å². The molecular weight excluding hydrogens is 236 g/mol. The van der Waals surface area contributed by atoms with E-state index in [1.54, 1.807) is 0 Å². The van der Waals surface area contributed by atoms with Crippen molar-refractivity contribution in [2.24, 2.45) is 0 Å². The lowest BCUT2D eigenvalue weighted by atomic mass is 10.3. The van der Waals surface area contributed by atoms with Gasteiger partial charge in [-0.05, 0) is 33.6 Å². The fraction of sp³-hybridized carbons (Fsp3) is 0.733. The van der Waals surface area contributed by atoms with Crippen molar-refractivity contribution in [3.63, 3.8) is 0 Å². The SMILES string of the molecule is CCCNc1cc(N(CC)C(C)C)nc(CCC)n1. The molecule has 1 aromatic heterocycles. The Bertz CT molecular complexity index is 376. The maximum atomic E-state index is 4.70. The zero-order valence-electron chi connectivity index (χ0n) is 13.0. The highest BCUT2D eigenvalue weighted by Gasteiger charge is 2.12. The number of hydrogen-bond donors (Lipinski definition) is 1. The van der Waals surface area contributed by atoms with Crippen molar-refractivity contribution in [1.29, 1.82) is 0 Å². The minimum Gasteiger partial charge on any atom is -0.370 e. The third-order valence-electron chi connectivity index (χ3n) is 3.05. The first-order valence-electron chi connectivity index (χ1n) is 7.50. The van der Waals surface area contributed by atoms with Crippen LogP contribution < -0.4 is 10.2 Å². The Labute approximate surface area is 117 Å². The van der Waals surface area contributed by atoms with Crippen molar-refractivity contribution in [1.82, 2.24) is 9.97 Å². The zero-order valence-corrected chi connectivity index (χ0v) is 13.0. The first kappa shape index (κ1) is 15.7. The summed E-state index contributed by atoms with van der Waals surface area (Å²) >= 11 is 0. The molecule has 0 unspecified atom stereocenters. The normalized spacial score (nSPS) is 10.8. The minimum absolute atomic E-state index is 0.452. The standard InChI is InChI=1S/C15H28N4/c1-6-9-13-17-14(16-10-7-2)11-15(18-13)19(8-3)12(4)5/h11-12H,6-10H2,1-5H3,(H,16,17,18). The first-order valence-corrected chi connectivity index (χ1v) is 7.50. The van der Waals surface area contributed by atoms with E-state index in [0.29, 0.717) is 6.04 Å². The summed E-state index contributed by atoms with van der Waals surface area (Å²) in [6.07, 6.45) is 3.11. The van der Waals surface area contributed by atoms with Crippen molar-refractivity contribution < 1.29 is 0 Å². The molecule has 0 atom stereocenters. The van der Waals surface area contributed by atoms with Gasteiger partial charge in [0.1, 0.15) is 17.5 Å². The Hall–Kier alpha value is -1.32. The molecule has 0 amide bonds. The molecular formula is C15H28N4. The van der Waals surface area contributed by atoms with Gasteiger partial charge in [-0.1, -0.05) is 13.8 Å². The number of aryl methyl sites for hydroxylation is 1. The Morgan fingerprint density at radius 1 is 1.16 bits per heavy atom. The van der Waals surface area contributed by atoms with E-state index in [0.717, 1.165) is 49.8 Å². The molecule has 0 saturated heterocycles. The molecule has 0 saturated carbocycles. The molecule has 0 spiro atoms. The third kappa shape index (κ3) is 4.69. The topological polar surface area (TPSA) is 41.0 Å². The van der Waals surface area contributed by atoms with Gasteiger partial charge in [-0.25, -0.2) is 9.97 Å². The van der Waals surface area contributed by atoms with Crippen LogP contribution in [0.5, 0.6) is 0 Å². The van der Waals surface area contributed by atoms with Gasteiger partial charge in [-0.2, -0.15) is 0 Å². The van der Waals surface area contributed by atoms with Gasteiger partial charge >= 0.3 is 0 Å². The molecule has 1 N–H and O–H groups in total. The maximum Gasteiger partial charge on any atom is 0.134 e. The number of hydrogen-bond acceptors (Lipinski definition) is 4. The molecule has 0 radical (unpaired) electrons. The molecule has 19 heavy (non-hydrogen) atoms. The van der Waals surface area contributed by atoms with Crippen LogP contribution in [-0.2, 0) is 6.42 Å². The largest absolute Gasteiger partial charge is 0.370 e. The van der Waals surface area contributed by atoms with Crippen molar-refractivity contribution in [2.45, 2.75) is 59.9 Å². The molecule has 4 nitrogen and oxygen atoms in total. The number of anilines is 2. The summed E-state index contributed by atoms with van der Waals surface area (Å²) in [7, 11) is 0. The average molecular weight is 264 g/mol. The molecule has 0 aromatic carbocycles. The van der Waals surface area contributed by atoms with Crippen molar-refractivity contribution in [3.05, 3.63) is 11.9 Å². The van der Waals surface area contributed by atoms with Gasteiger partial charge in [0.15, 0.2) is 0 Å². The molecule has 0 aliphatic heterocycles. The second kappa shape index (κ2) is 7.97. The highest BCUT2D eigenvalue weighted by atomic mass is 15.2. The van der Waals surface area contributed by atoms with Gasteiger partial charge in [-0.15, -0.1) is 0 Å². The van der Waals surface area contributed by atoms with Crippen LogP contribution in [-0.4, -0.2) is 29.1 Å². The lowest BCUT2D eigenvalue weighted by Gasteiger charge is -2.27. The Kier molecular flexibility index (Phi) is 6.60. The molecule has 4 heteroatoms. The van der Waals surface area contributed by atoms with Gasteiger partial charge in [0.25, 0.3) is 0 Å². The highest BCUT2D eigenvalue weighted by molar-refractivity contribution is 5.50. The summed E-state index contributed by atoms with van der Waals surface area (Å²) < 4.78 is 0. The zero-order chi connectivity index (χ0) is 14.3. The number of aromatic nitrogens is 2. The number of rotatable bonds is 8. The van der Waals surface area contributed by atoms with E-state index in [1.165, 1.54) is 0 Å². The summed E-state index contributed by atoms with van der Waals surface area (Å²) in [5.74, 6) is 2.93. The van der Waals surface area contributed by atoms with Crippen molar-refractivity contribution >= 4 is 11.6 Å². The van der Waals surface area contributed by atoms with E-state index in [2.05, 4.69) is 55.9 Å². The summed E-state index contributed by atoms with van der Waals surface area (Å²) in [6.45, 7) is 12.8. The Balaban J connectivity index is 3.03. The minimum atomic E-state index is 0.452. The van der Waals surface area contributed by atoms with E-state index in [-0.39, 0.29) is 0 Å². The Morgan fingerprint density at radius 2 is 1.89 bits per heavy atom. The molecule has 0 bridgehead atoms. The van der Waals surface area contributed by atoms with Gasteiger partial charge in [0, 0.05) is 31.6 Å². The number of nitrogens with zero attached hydrogens (tertiary/aromatic N) is 3. The molecule has 0 fully saturated rings. The summed E-state index contributed by atoms with van der Waals surface area (Å²) in [6, 6.07) is 2.52. The fourth-order valence-corrected chi connectivity index (χ4v) is 2.10. The van der Waals surface area contributed by atoms with E-state index >= 15 is 0 Å². The summed E-state index contributed by atoms with van der Waals surface area (Å²) in [5, 5.41) is 3.37. The van der Waals surface area contributed by atoms with Crippen LogP contribution in [0.15, 0.2) is 6.07 Å². The summed E-state index contributed by atoms with van der Waals surface area (Å²) in [4.78, 5) is 11.6. The van der Waals surface area contributed by atoms with E-state index < -0.39 is 0 Å². The third-order valence-corrected chi connectivity index (χ3v) is 3.05. The fourth-order valence-electron chi connectivity index (χ4n) is 2.10. The van der Waals surface area contributed by atoms with Gasteiger partial charge in [0.05, 0.1) is 0 Å². The van der Waals surface area contributed by atoms with Crippen LogP contribution in [0.1, 0.15) is 53.3 Å². The first-order chi connectivity index (χ1) is 9.12. The molecule has 0 aliphatic carbocycles. The number of nitrogens with one attached hydrogen (secondary N) is 1. The lowest BCUT2D eigenvalue weighted by Crippen LogP contribution is -2.31. The van der Waals surface area contributed by atoms with E-state index in [1.807, 2.05) is 0 Å². The van der Waals surface area contributed by atoms with Crippen LogP contribution in [0, 0.1) is 0 Å². The second-order valence-electron chi connectivity index (χ2n) is 5.08. The van der Waals surface area contributed by atoms with Crippen LogP contribution in [0.2, 0.25) is 0 Å². The van der Waals surface area contributed by atoms with Gasteiger partial charge < -0.3 is 10.2 Å². The Morgan fingerprint density at radius 3 is 2.42 bits per heavy atom. The van der Waals surface area contributed by atoms with Crippen LogP contribution in [0.25, 0.3) is 0 Å². The molecule has 1 aromatic rings. The van der Waals surface area contributed by atoms with Gasteiger partial charge in [0.2, 0.25) is 0 Å². The van der Waals surface area contributed by atoms with Crippen LogP contribution in [0.3, 0.4) is 0 Å². The summed E-state index contributed by atoms with van der Waals surface area (Å²) in [5.41, 5.74) is 0. The smallest absolute Gasteiger partial charge is 0.134 e. The predicted molar refractivity (Wildman–Crippen MR) is 83.0 cm³/mol. The molecule has 0 aliphatic rings. The molecule has 1 heterocycles. The van der Waals surface area contributed by atoms with Gasteiger partial charge in [-0.3, -0.25) is 0 Å². The van der Waals surface area contributed by atoms with Crippen molar-refractivity contribution in [2.75, 3.05) is 23.3 Å². The lowest BCUT2D eigenvalue weighted by molar-refractivity contribution is 0.686. The second-order valence-corrected chi connectivity index (χ2v) is 5.08. The molecule has 108 valence electrons. The molecule has 1 rings (SSSR count). The van der Waals surface area contributed by atoms with Crippen LogP contribution >= 0.6 is 0 Å². The quantitative estimate of drug-likeness (QED) is 0.780. The monoisotopic (exact) mass is 264 g/mol. The van der Waals surface area contributed by atoms with Crippen LogP contribution in [0.4, 0.5) is 11.6 Å². The van der Waals surface area contributed by atoms with E-state index in [4.69, 9.17) is 4.98 Å². The average Bonchev–Trinajstić information content (AvgIpc) is 2.37. The van der Waals surface area contributed by atoms with Crippen molar-refractivity contribution in [3.8, 4) is 0 Å².